The number of nitrogens with one attached hydrogen (secondary N) is 1. The molecule has 1 aromatic rings. The number of nitrogens with two attached hydrogens (primary N) is 1. The third kappa shape index (κ3) is 3.27. The SMILES string of the molecule is COCCC(C)C(NN)c1cccnc1C. The average molecular weight is 223 g/mol. The van der Waals surface area contributed by atoms with Gasteiger partial charge < -0.3 is 4.74 Å². The molecule has 2 atom stereocenters. The number of aromatic nitrogens is 1. The minimum Gasteiger partial charge on any atom is -0.385 e. The largest absolute Gasteiger partial charge is 0.385 e. The molecule has 4 nitrogen and oxygen atoms in total. The Hall–Kier alpha value is -0.970. The van der Waals surface area contributed by atoms with E-state index in [-0.39, 0.29) is 6.04 Å². The van der Waals surface area contributed by atoms with Crippen LogP contribution in [-0.2, 0) is 4.74 Å². The fourth-order valence-electron chi connectivity index (χ4n) is 1.86. The van der Waals surface area contributed by atoms with Gasteiger partial charge in [-0.3, -0.25) is 16.3 Å². The van der Waals surface area contributed by atoms with Crippen LogP contribution in [0.4, 0.5) is 0 Å². The van der Waals surface area contributed by atoms with Gasteiger partial charge in [0, 0.05) is 25.6 Å². The van der Waals surface area contributed by atoms with Crippen LogP contribution in [-0.4, -0.2) is 18.7 Å². The minimum atomic E-state index is 0.129. The van der Waals surface area contributed by atoms with Crippen LogP contribution in [0, 0.1) is 12.8 Å². The number of hydrogen-bond acceptors (Lipinski definition) is 4. The van der Waals surface area contributed by atoms with Gasteiger partial charge in [-0.1, -0.05) is 13.0 Å². The lowest BCUT2D eigenvalue weighted by Gasteiger charge is -2.24. The molecule has 1 aromatic heterocycles. The molecule has 0 radical (unpaired) electrons. The van der Waals surface area contributed by atoms with Gasteiger partial charge in [-0.25, -0.2) is 0 Å². The van der Waals surface area contributed by atoms with Crippen molar-refractivity contribution in [3.05, 3.63) is 29.6 Å². The molecule has 16 heavy (non-hydrogen) atoms. The first-order chi connectivity index (χ1) is 7.70. The van der Waals surface area contributed by atoms with Gasteiger partial charge in [0.25, 0.3) is 0 Å². The minimum absolute atomic E-state index is 0.129. The first kappa shape index (κ1) is 13.1. The van der Waals surface area contributed by atoms with Crippen LogP contribution in [0.2, 0.25) is 0 Å². The van der Waals surface area contributed by atoms with Crippen LogP contribution >= 0.6 is 0 Å². The van der Waals surface area contributed by atoms with Gasteiger partial charge in [-0.2, -0.15) is 0 Å². The Kier molecular flexibility index (Phi) is 5.38. The van der Waals surface area contributed by atoms with Crippen molar-refractivity contribution in [1.82, 2.24) is 10.4 Å². The lowest BCUT2D eigenvalue weighted by molar-refractivity contribution is 0.170. The summed E-state index contributed by atoms with van der Waals surface area (Å²) in [6, 6.07) is 4.13. The van der Waals surface area contributed by atoms with E-state index >= 15 is 0 Å². The van der Waals surface area contributed by atoms with Gasteiger partial charge in [-0.15, -0.1) is 0 Å². The molecule has 0 aliphatic rings. The Balaban J connectivity index is 2.77. The van der Waals surface area contributed by atoms with Gasteiger partial charge in [0.05, 0.1) is 6.04 Å². The molecule has 4 heteroatoms. The molecule has 2 unspecified atom stereocenters. The van der Waals surface area contributed by atoms with E-state index in [0.717, 1.165) is 24.3 Å². The Bertz CT molecular complexity index is 317. The number of hydrogen-bond donors (Lipinski definition) is 2. The van der Waals surface area contributed by atoms with E-state index in [1.165, 1.54) is 0 Å². The van der Waals surface area contributed by atoms with Gasteiger partial charge >= 0.3 is 0 Å². The van der Waals surface area contributed by atoms with E-state index in [9.17, 15) is 0 Å². The molecule has 0 amide bonds. The standard InChI is InChI=1S/C12H21N3O/c1-9(6-8-16-3)12(15-13)11-5-4-7-14-10(11)2/h4-5,7,9,12,15H,6,8,13H2,1-3H3. The van der Waals surface area contributed by atoms with Crippen molar-refractivity contribution in [2.45, 2.75) is 26.3 Å². The van der Waals surface area contributed by atoms with E-state index in [4.69, 9.17) is 10.6 Å². The second-order valence-corrected chi connectivity index (χ2v) is 4.08. The van der Waals surface area contributed by atoms with Crippen LogP contribution < -0.4 is 11.3 Å². The molecule has 0 bridgehead atoms. The van der Waals surface area contributed by atoms with Crippen molar-refractivity contribution >= 4 is 0 Å². The molecule has 0 aliphatic heterocycles. The maximum absolute atomic E-state index is 5.63. The summed E-state index contributed by atoms with van der Waals surface area (Å²) in [5.41, 5.74) is 5.06. The lowest BCUT2D eigenvalue weighted by Crippen LogP contribution is -2.33. The Morgan fingerprint density at radius 2 is 2.31 bits per heavy atom. The number of hydrazine groups is 1. The number of ether oxygens (including phenoxy) is 1. The van der Waals surface area contributed by atoms with Gasteiger partial charge in [-0.05, 0) is 30.9 Å². The van der Waals surface area contributed by atoms with Crippen LogP contribution in [0.1, 0.15) is 30.6 Å². The smallest absolute Gasteiger partial charge is 0.0504 e. The van der Waals surface area contributed by atoms with E-state index in [1.807, 2.05) is 13.0 Å². The number of pyridine rings is 1. The second-order valence-electron chi connectivity index (χ2n) is 4.08. The molecule has 0 saturated heterocycles. The first-order valence-corrected chi connectivity index (χ1v) is 5.57. The first-order valence-electron chi connectivity index (χ1n) is 5.57. The molecule has 0 aromatic carbocycles. The van der Waals surface area contributed by atoms with Crippen molar-refractivity contribution < 1.29 is 4.74 Å². The van der Waals surface area contributed by atoms with Crippen LogP contribution in [0.25, 0.3) is 0 Å². The van der Waals surface area contributed by atoms with Gasteiger partial charge in [0.15, 0.2) is 0 Å². The van der Waals surface area contributed by atoms with Gasteiger partial charge in [0.1, 0.15) is 0 Å². The van der Waals surface area contributed by atoms with Crippen LogP contribution in [0.3, 0.4) is 0 Å². The molecule has 1 rings (SSSR count). The fourth-order valence-corrected chi connectivity index (χ4v) is 1.86. The molecule has 0 aliphatic carbocycles. The monoisotopic (exact) mass is 223 g/mol. The number of methoxy groups -OCH3 is 1. The molecule has 1 heterocycles. The maximum atomic E-state index is 5.63. The molecular formula is C12H21N3O. The predicted molar refractivity (Wildman–Crippen MR) is 64.7 cm³/mol. The number of nitrogens with zero attached hydrogens (tertiary/aromatic N) is 1. The highest BCUT2D eigenvalue weighted by molar-refractivity contribution is 5.22. The van der Waals surface area contributed by atoms with Crippen LogP contribution in [0.5, 0.6) is 0 Å². The summed E-state index contributed by atoms with van der Waals surface area (Å²) >= 11 is 0. The average Bonchev–Trinajstić information content (AvgIpc) is 2.30. The summed E-state index contributed by atoms with van der Waals surface area (Å²) in [5.74, 6) is 6.04. The summed E-state index contributed by atoms with van der Waals surface area (Å²) in [5, 5.41) is 0. The Labute approximate surface area is 97.2 Å². The summed E-state index contributed by atoms with van der Waals surface area (Å²) in [6.07, 6.45) is 2.77. The second kappa shape index (κ2) is 6.58. The molecule has 3 N–H and O–H groups in total. The number of rotatable bonds is 6. The van der Waals surface area contributed by atoms with E-state index in [1.54, 1.807) is 13.3 Å². The van der Waals surface area contributed by atoms with Crippen LogP contribution in [0.15, 0.2) is 18.3 Å². The maximum Gasteiger partial charge on any atom is 0.0504 e. The van der Waals surface area contributed by atoms with Crippen molar-refractivity contribution in [2.24, 2.45) is 11.8 Å². The Morgan fingerprint density at radius 3 is 2.88 bits per heavy atom. The lowest BCUT2D eigenvalue weighted by atomic mass is 9.92. The highest BCUT2D eigenvalue weighted by Gasteiger charge is 2.19. The van der Waals surface area contributed by atoms with E-state index in [0.29, 0.717) is 5.92 Å². The van der Waals surface area contributed by atoms with Crippen molar-refractivity contribution in [2.75, 3.05) is 13.7 Å². The topological polar surface area (TPSA) is 60.2 Å². The number of aryl methyl sites for hydroxylation is 1. The summed E-state index contributed by atoms with van der Waals surface area (Å²) < 4.78 is 5.09. The molecule has 0 spiro atoms. The third-order valence-electron chi connectivity index (χ3n) is 2.91. The predicted octanol–water partition coefficient (Wildman–Crippen LogP) is 1.57. The molecular weight excluding hydrogens is 202 g/mol. The zero-order valence-electron chi connectivity index (χ0n) is 10.2. The van der Waals surface area contributed by atoms with Crippen molar-refractivity contribution in [3.63, 3.8) is 0 Å². The van der Waals surface area contributed by atoms with E-state index in [2.05, 4.69) is 23.4 Å². The van der Waals surface area contributed by atoms with Crippen molar-refractivity contribution in [1.29, 1.82) is 0 Å². The highest BCUT2D eigenvalue weighted by Crippen LogP contribution is 2.25. The van der Waals surface area contributed by atoms with Gasteiger partial charge in [0.2, 0.25) is 0 Å². The Morgan fingerprint density at radius 1 is 1.56 bits per heavy atom. The highest BCUT2D eigenvalue weighted by atomic mass is 16.5. The molecule has 0 saturated carbocycles. The zero-order valence-corrected chi connectivity index (χ0v) is 10.2. The van der Waals surface area contributed by atoms with Crippen molar-refractivity contribution in [3.8, 4) is 0 Å². The summed E-state index contributed by atoms with van der Waals surface area (Å²) in [7, 11) is 1.72. The quantitative estimate of drug-likeness (QED) is 0.567. The normalized spacial score (nSPS) is 14.8. The van der Waals surface area contributed by atoms with E-state index < -0.39 is 0 Å². The summed E-state index contributed by atoms with van der Waals surface area (Å²) in [6.45, 7) is 4.91. The molecule has 90 valence electrons. The third-order valence-corrected chi connectivity index (χ3v) is 2.91. The summed E-state index contributed by atoms with van der Waals surface area (Å²) in [4.78, 5) is 4.28. The fraction of sp³-hybridized carbons (Fsp3) is 0.583. The molecule has 0 fully saturated rings. The zero-order chi connectivity index (χ0) is 12.0.